The van der Waals surface area contributed by atoms with Crippen LogP contribution in [0.15, 0.2) is 34.8 Å². The second kappa shape index (κ2) is 6.26. The molecule has 0 radical (unpaired) electrons. The third-order valence-electron chi connectivity index (χ3n) is 2.72. The van der Waals surface area contributed by atoms with Crippen molar-refractivity contribution in [1.29, 1.82) is 0 Å². The molecule has 0 saturated carbocycles. The van der Waals surface area contributed by atoms with E-state index in [1.165, 1.54) is 0 Å². The Hall–Kier alpha value is -1.26. The van der Waals surface area contributed by atoms with Crippen molar-refractivity contribution in [3.05, 3.63) is 46.3 Å². The summed E-state index contributed by atoms with van der Waals surface area (Å²) in [5.74, 6) is 0.833. The molecule has 0 atom stereocenters. The second-order valence-electron chi connectivity index (χ2n) is 4.83. The van der Waals surface area contributed by atoms with Crippen LogP contribution in [-0.4, -0.2) is 16.0 Å². The minimum atomic E-state index is 0.427. The van der Waals surface area contributed by atoms with E-state index in [-0.39, 0.29) is 0 Å². The Morgan fingerprint density at radius 2 is 1.95 bits per heavy atom. The normalized spacial score (nSPS) is 11.0. The van der Waals surface area contributed by atoms with Crippen molar-refractivity contribution in [2.24, 2.45) is 0 Å². The monoisotopic (exact) mass is 319 g/mol. The van der Waals surface area contributed by atoms with Crippen LogP contribution in [0.5, 0.6) is 0 Å². The maximum Gasteiger partial charge on any atom is 0.143 e. The molecule has 0 aliphatic heterocycles. The molecule has 19 heavy (non-hydrogen) atoms. The van der Waals surface area contributed by atoms with Gasteiger partial charge in [-0.1, -0.05) is 48.0 Å². The minimum Gasteiger partial charge on any atom is -0.308 e. The highest BCUT2D eigenvalue weighted by molar-refractivity contribution is 9.10. The van der Waals surface area contributed by atoms with Gasteiger partial charge in [-0.2, -0.15) is 0 Å². The van der Waals surface area contributed by atoms with E-state index in [1.807, 2.05) is 31.2 Å². The van der Waals surface area contributed by atoms with E-state index in [2.05, 4.69) is 51.1 Å². The van der Waals surface area contributed by atoms with Gasteiger partial charge in [0.15, 0.2) is 0 Å². The molecule has 2 rings (SSSR count). The van der Waals surface area contributed by atoms with Crippen molar-refractivity contribution < 1.29 is 0 Å². The van der Waals surface area contributed by atoms with Crippen LogP contribution >= 0.6 is 15.9 Å². The van der Waals surface area contributed by atoms with E-state index in [0.717, 1.165) is 27.2 Å². The highest BCUT2D eigenvalue weighted by Crippen LogP contribution is 2.26. The quantitative estimate of drug-likeness (QED) is 0.933. The molecule has 4 heteroatoms. The van der Waals surface area contributed by atoms with E-state index in [4.69, 9.17) is 0 Å². The second-order valence-corrected chi connectivity index (χ2v) is 5.68. The number of hydrogen-bond donors (Lipinski definition) is 1. The molecule has 2 aromatic rings. The topological polar surface area (TPSA) is 37.8 Å². The van der Waals surface area contributed by atoms with Crippen LogP contribution in [0, 0.1) is 6.92 Å². The first kappa shape index (κ1) is 14.2. The lowest BCUT2D eigenvalue weighted by atomic mass is 10.1. The maximum atomic E-state index is 4.63. The van der Waals surface area contributed by atoms with E-state index < -0.39 is 0 Å². The van der Waals surface area contributed by atoms with Gasteiger partial charge in [0.1, 0.15) is 5.82 Å². The first-order valence-corrected chi connectivity index (χ1v) is 7.18. The summed E-state index contributed by atoms with van der Waals surface area (Å²) in [6, 6.07) is 10.5. The van der Waals surface area contributed by atoms with Gasteiger partial charge >= 0.3 is 0 Å². The first-order valence-electron chi connectivity index (χ1n) is 6.39. The predicted molar refractivity (Wildman–Crippen MR) is 81.9 cm³/mol. The number of halogens is 1. The highest BCUT2D eigenvalue weighted by atomic mass is 79.9. The van der Waals surface area contributed by atoms with Crippen molar-refractivity contribution in [2.75, 3.05) is 0 Å². The Labute approximate surface area is 122 Å². The van der Waals surface area contributed by atoms with Gasteiger partial charge in [-0.25, -0.2) is 9.97 Å². The van der Waals surface area contributed by atoms with E-state index in [0.29, 0.717) is 12.6 Å². The third-order valence-corrected chi connectivity index (χ3v) is 3.41. The molecule has 0 saturated heterocycles. The summed E-state index contributed by atoms with van der Waals surface area (Å²) in [6.45, 7) is 6.92. The summed E-state index contributed by atoms with van der Waals surface area (Å²) < 4.78 is 1.05. The lowest BCUT2D eigenvalue weighted by Gasteiger charge is -2.10. The molecule has 1 aromatic carbocycles. The average Bonchev–Trinajstić information content (AvgIpc) is 2.36. The molecular weight excluding hydrogens is 302 g/mol. The first-order chi connectivity index (χ1) is 9.06. The van der Waals surface area contributed by atoms with Crippen LogP contribution in [0.2, 0.25) is 0 Å². The van der Waals surface area contributed by atoms with Crippen LogP contribution in [0.3, 0.4) is 0 Å². The van der Waals surface area contributed by atoms with E-state index in [1.54, 1.807) is 0 Å². The van der Waals surface area contributed by atoms with Gasteiger partial charge in [0.05, 0.1) is 12.2 Å². The summed E-state index contributed by atoms with van der Waals surface area (Å²) in [6.07, 6.45) is 0. The fraction of sp³-hybridized carbons (Fsp3) is 0.333. The van der Waals surface area contributed by atoms with E-state index >= 15 is 0 Å². The molecule has 0 aliphatic carbocycles. The fourth-order valence-electron chi connectivity index (χ4n) is 1.81. The van der Waals surface area contributed by atoms with Crippen molar-refractivity contribution in [3.8, 4) is 11.3 Å². The molecule has 0 fully saturated rings. The molecule has 0 spiro atoms. The molecule has 0 aliphatic rings. The zero-order chi connectivity index (χ0) is 13.8. The predicted octanol–water partition coefficient (Wildman–Crippen LogP) is 3.71. The van der Waals surface area contributed by atoms with Gasteiger partial charge < -0.3 is 5.32 Å². The van der Waals surface area contributed by atoms with Gasteiger partial charge in [0, 0.05) is 21.8 Å². The van der Waals surface area contributed by atoms with Gasteiger partial charge in [-0.3, -0.25) is 0 Å². The lowest BCUT2D eigenvalue weighted by Crippen LogP contribution is -2.23. The summed E-state index contributed by atoms with van der Waals surface area (Å²) in [5.41, 5.74) is 3.04. The largest absolute Gasteiger partial charge is 0.308 e. The molecule has 1 heterocycles. The smallest absolute Gasteiger partial charge is 0.143 e. The molecule has 0 bridgehead atoms. The highest BCUT2D eigenvalue weighted by Gasteiger charge is 2.07. The third kappa shape index (κ3) is 3.85. The number of rotatable bonds is 4. The Morgan fingerprint density at radius 1 is 1.21 bits per heavy atom. The maximum absolute atomic E-state index is 4.63. The van der Waals surface area contributed by atoms with Gasteiger partial charge in [-0.05, 0) is 19.1 Å². The number of hydrogen-bond acceptors (Lipinski definition) is 3. The van der Waals surface area contributed by atoms with Gasteiger partial charge in [0.25, 0.3) is 0 Å². The van der Waals surface area contributed by atoms with Crippen LogP contribution in [0.1, 0.15) is 25.4 Å². The molecule has 0 amide bonds. The Bertz CT molecular complexity index is 567. The summed E-state index contributed by atoms with van der Waals surface area (Å²) in [4.78, 5) is 9.11. The molecule has 0 unspecified atom stereocenters. The minimum absolute atomic E-state index is 0.427. The van der Waals surface area contributed by atoms with Crippen molar-refractivity contribution in [3.63, 3.8) is 0 Å². The van der Waals surface area contributed by atoms with Crippen LogP contribution < -0.4 is 5.32 Å². The van der Waals surface area contributed by atoms with Crippen molar-refractivity contribution >= 4 is 15.9 Å². The van der Waals surface area contributed by atoms with Crippen LogP contribution in [-0.2, 0) is 6.54 Å². The molecule has 1 aromatic heterocycles. The Morgan fingerprint density at radius 3 is 2.63 bits per heavy atom. The van der Waals surface area contributed by atoms with Crippen molar-refractivity contribution in [2.45, 2.75) is 33.4 Å². The summed E-state index contributed by atoms with van der Waals surface area (Å²) >= 11 is 3.57. The van der Waals surface area contributed by atoms with Crippen LogP contribution in [0.25, 0.3) is 11.3 Å². The molecule has 3 nitrogen and oxygen atoms in total. The Balaban J connectivity index is 2.34. The number of aromatic nitrogens is 2. The van der Waals surface area contributed by atoms with Gasteiger partial charge in [-0.15, -0.1) is 0 Å². The number of aryl methyl sites for hydroxylation is 1. The number of benzene rings is 1. The molecule has 1 N–H and O–H groups in total. The van der Waals surface area contributed by atoms with Gasteiger partial charge in [0.2, 0.25) is 0 Å². The summed E-state index contributed by atoms with van der Waals surface area (Å²) in [5, 5.41) is 3.35. The number of nitrogens with one attached hydrogen (secondary N) is 1. The SMILES string of the molecule is Cc1cc(-c2ccccc2Br)nc(CNC(C)C)n1. The summed E-state index contributed by atoms with van der Waals surface area (Å²) in [7, 11) is 0. The fourth-order valence-corrected chi connectivity index (χ4v) is 2.30. The molecular formula is C15H18BrN3. The van der Waals surface area contributed by atoms with Crippen LogP contribution in [0.4, 0.5) is 0 Å². The molecule has 100 valence electrons. The van der Waals surface area contributed by atoms with Crippen molar-refractivity contribution in [1.82, 2.24) is 15.3 Å². The standard InChI is InChI=1S/C15H18BrN3/c1-10(2)17-9-15-18-11(3)8-14(19-15)12-6-4-5-7-13(12)16/h4-8,10,17H,9H2,1-3H3. The zero-order valence-electron chi connectivity index (χ0n) is 11.4. The number of nitrogens with zero attached hydrogens (tertiary/aromatic N) is 2. The lowest BCUT2D eigenvalue weighted by molar-refractivity contribution is 0.571. The van der Waals surface area contributed by atoms with E-state index in [9.17, 15) is 0 Å². The average molecular weight is 320 g/mol. The zero-order valence-corrected chi connectivity index (χ0v) is 13.0. The Kier molecular flexibility index (Phi) is 4.66.